The molecule has 0 unspecified atom stereocenters. The zero-order chi connectivity index (χ0) is 15.5. The molecule has 0 spiro atoms. The van der Waals surface area contributed by atoms with E-state index in [-0.39, 0.29) is 11.8 Å². The van der Waals surface area contributed by atoms with Crippen molar-refractivity contribution in [1.82, 2.24) is 5.32 Å². The lowest BCUT2D eigenvalue weighted by molar-refractivity contribution is -0.120. The first-order valence-electron chi connectivity index (χ1n) is 7.29. The van der Waals surface area contributed by atoms with E-state index in [0.717, 1.165) is 22.1 Å². The van der Waals surface area contributed by atoms with E-state index in [9.17, 15) is 10.1 Å². The van der Waals surface area contributed by atoms with Crippen LogP contribution in [0.2, 0.25) is 0 Å². The van der Waals surface area contributed by atoms with Crippen molar-refractivity contribution in [2.24, 2.45) is 0 Å². The zero-order valence-electron chi connectivity index (χ0n) is 12.3. The lowest BCUT2D eigenvalue weighted by Crippen LogP contribution is -2.30. The smallest absolute Gasteiger partial charge is 0.225 e. The highest BCUT2D eigenvalue weighted by atomic mass is 32.2. The highest BCUT2D eigenvalue weighted by Gasteiger charge is 2.30. The van der Waals surface area contributed by atoms with Gasteiger partial charge in [0.05, 0.1) is 16.7 Å². The molecule has 1 aliphatic heterocycles. The Kier molecular flexibility index (Phi) is 4.17. The monoisotopic (exact) mass is 308 g/mol. The van der Waals surface area contributed by atoms with Crippen LogP contribution in [0.15, 0.2) is 53.1 Å². The molecule has 0 saturated heterocycles. The molecule has 0 fully saturated rings. The van der Waals surface area contributed by atoms with E-state index in [1.165, 1.54) is 11.8 Å². The number of carbonyl (C=O) groups excluding carboxylic acids is 1. The van der Waals surface area contributed by atoms with Crippen LogP contribution in [-0.4, -0.2) is 11.7 Å². The van der Waals surface area contributed by atoms with Crippen molar-refractivity contribution in [3.05, 3.63) is 58.6 Å². The second kappa shape index (κ2) is 6.25. The van der Waals surface area contributed by atoms with E-state index in [2.05, 4.69) is 29.6 Å². The van der Waals surface area contributed by atoms with Crippen LogP contribution in [0.1, 0.15) is 24.8 Å². The first kappa shape index (κ1) is 14.7. The molecule has 1 N–H and O–H groups in total. The maximum Gasteiger partial charge on any atom is 0.225 e. The number of benzene rings is 2. The van der Waals surface area contributed by atoms with Crippen LogP contribution in [-0.2, 0) is 4.79 Å². The van der Waals surface area contributed by atoms with Gasteiger partial charge in [-0.2, -0.15) is 5.26 Å². The fourth-order valence-corrected chi connectivity index (χ4v) is 3.72. The minimum absolute atomic E-state index is 0.0205. The van der Waals surface area contributed by atoms with E-state index in [4.69, 9.17) is 0 Å². The van der Waals surface area contributed by atoms with Crippen molar-refractivity contribution in [1.29, 1.82) is 5.26 Å². The Bertz CT molecular complexity index is 799. The topological polar surface area (TPSA) is 52.9 Å². The molecule has 3 rings (SSSR count). The molecule has 2 aromatic carbocycles. The van der Waals surface area contributed by atoms with E-state index >= 15 is 0 Å². The Balaban J connectivity index is 2.18. The first-order chi connectivity index (χ1) is 10.7. The lowest BCUT2D eigenvalue weighted by Gasteiger charge is -2.25. The normalized spacial score (nSPS) is 18.2. The van der Waals surface area contributed by atoms with Gasteiger partial charge < -0.3 is 5.32 Å². The zero-order valence-corrected chi connectivity index (χ0v) is 13.1. The number of nitrogens with one attached hydrogen (secondary N) is 1. The molecule has 1 atom stereocenters. The molecule has 0 aliphatic carbocycles. The number of nitriles is 1. The molecule has 0 aromatic heterocycles. The standard InChI is InChI=1S/C18H16N2OS/c1-2-22-18-16(11-19)15(10-17(21)20-18)14-9-5-7-12-6-3-4-8-13(12)14/h3-9,15H,2,10H2,1H3,(H,20,21)/t15-/m0/s1. The summed E-state index contributed by atoms with van der Waals surface area (Å²) in [4.78, 5) is 12.1. The summed E-state index contributed by atoms with van der Waals surface area (Å²) in [5, 5.41) is 15.4. The quantitative estimate of drug-likeness (QED) is 0.934. The Morgan fingerprint density at radius 3 is 2.82 bits per heavy atom. The van der Waals surface area contributed by atoms with Gasteiger partial charge in [0.1, 0.15) is 0 Å². The minimum atomic E-state index is -0.168. The van der Waals surface area contributed by atoms with E-state index in [1.807, 2.05) is 31.2 Å². The second-order valence-electron chi connectivity index (χ2n) is 5.16. The number of carbonyl (C=O) groups is 1. The van der Waals surface area contributed by atoms with Crippen LogP contribution in [0.3, 0.4) is 0 Å². The van der Waals surface area contributed by atoms with Gasteiger partial charge in [-0.3, -0.25) is 4.79 Å². The summed E-state index contributed by atoms with van der Waals surface area (Å²) in [6.07, 6.45) is 0.324. The van der Waals surface area contributed by atoms with Crippen LogP contribution in [0, 0.1) is 11.3 Å². The van der Waals surface area contributed by atoms with Crippen LogP contribution < -0.4 is 5.32 Å². The number of amides is 1. The summed E-state index contributed by atoms with van der Waals surface area (Å²) in [5.41, 5.74) is 1.72. The third-order valence-electron chi connectivity index (χ3n) is 3.84. The predicted octanol–water partition coefficient (Wildman–Crippen LogP) is 3.93. The van der Waals surface area contributed by atoms with Gasteiger partial charge in [-0.15, -0.1) is 11.8 Å². The number of rotatable bonds is 3. The van der Waals surface area contributed by atoms with Crippen LogP contribution in [0.25, 0.3) is 10.8 Å². The minimum Gasteiger partial charge on any atom is -0.320 e. The van der Waals surface area contributed by atoms with Crippen molar-refractivity contribution < 1.29 is 4.79 Å². The van der Waals surface area contributed by atoms with Crippen molar-refractivity contribution in [2.45, 2.75) is 19.3 Å². The number of hydrogen-bond acceptors (Lipinski definition) is 3. The number of fused-ring (bicyclic) bond motifs is 1. The molecule has 2 aromatic rings. The predicted molar refractivity (Wildman–Crippen MR) is 90.2 cm³/mol. The van der Waals surface area contributed by atoms with Gasteiger partial charge in [0, 0.05) is 12.3 Å². The van der Waals surface area contributed by atoms with Crippen LogP contribution >= 0.6 is 11.8 Å². The lowest BCUT2D eigenvalue weighted by atomic mass is 9.84. The maximum absolute atomic E-state index is 12.1. The van der Waals surface area contributed by atoms with Crippen LogP contribution in [0.5, 0.6) is 0 Å². The summed E-state index contributed by atoms with van der Waals surface area (Å²) in [6.45, 7) is 2.01. The third-order valence-corrected chi connectivity index (χ3v) is 4.74. The van der Waals surface area contributed by atoms with Gasteiger partial charge in [0.15, 0.2) is 0 Å². The summed E-state index contributed by atoms with van der Waals surface area (Å²) in [7, 11) is 0. The second-order valence-corrected chi connectivity index (χ2v) is 6.44. The van der Waals surface area contributed by atoms with E-state index in [0.29, 0.717) is 17.0 Å². The Morgan fingerprint density at radius 1 is 1.27 bits per heavy atom. The average molecular weight is 308 g/mol. The first-order valence-corrected chi connectivity index (χ1v) is 8.27. The maximum atomic E-state index is 12.1. The summed E-state index contributed by atoms with van der Waals surface area (Å²) < 4.78 is 0. The van der Waals surface area contributed by atoms with Gasteiger partial charge in [-0.25, -0.2) is 0 Å². The van der Waals surface area contributed by atoms with Crippen molar-refractivity contribution >= 4 is 28.4 Å². The molecule has 3 nitrogen and oxygen atoms in total. The van der Waals surface area contributed by atoms with E-state index < -0.39 is 0 Å². The molecule has 110 valence electrons. The van der Waals surface area contributed by atoms with Gasteiger partial charge >= 0.3 is 0 Å². The fraction of sp³-hybridized carbons (Fsp3) is 0.222. The molecule has 1 aliphatic rings. The molecule has 0 bridgehead atoms. The fourth-order valence-electron chi connectivity index (χ4n) is 2.90. The van der Waals surface area contributed by atoms with Gasteiger partial charge in [-0.05, 0) is 22.1 Å². The summed E-state index contributed by atoms with van der Waals surface area (Å²) >= 11 is 1.52. The van der Waals surface area contributed by atoms with Crippen molar-refractivity contribution in [2.75, 3.05) is 5.75 Å². The Labute approximate surface area is 134 Å². The molecule has 0 radical (unpaired) electrons. The largest absolute Gasteiger partial charge is 0.320 e. The van der Waals surface area contributed by atoms with Crippen molar-refractivity contribution in [3.63, 3.8) is 0 Å². The van der Waals surface area contributed by atoms with Gasteiger partial charge in [0.25, 0.3) is 0 Å². The SMILES string of the molecule is CCSC1=C(C#N)[C@H](c2cccc3ccccc23)CC(=O)N1. The number of thioether (sulfide) groups is 1. The van der Waals surface area contributed by atoms with Crippen molar-refractivity contribution in [3.8, 4) is 6.07 Å². The molecular weight excluding hydrogens is 292 g/mol. The average Bonchev–Trinajstić information content (AvgIpc) is 2.54. The highest BCUT2D eigenvalue weighted by Crippen LogP contribution is 2.38. The summed E-state index contributed by atoms with van der Waals surface area (Å²) in [5.74, 6) is 0.634. The number of nitrogens with zero attached hydrogens (tertiary/aromatic N) is 1. The molecule has 0 saturated carbocycles. The van der Waals surface area contributed by atoms with E-state index in [1.54, 1.807) is 0 Å². The van der Waals surface area contributed by atoms with Gasteiger partial charge in [-0.1, -0.05) is 49.4 Å². The van der Waals surface area contributed by atoms with Gasteiger partial charge in [0.2, 0.25) is 5.91 Å². The Hall–Kier alpha value is -2.25. The Morgan fingerprint density at radius 2 is 2.05 bits per heavy atom. The molecule has 4 heteroatoms. The number of hydrogen-bond donors (Lipinski definition) is 1. The number of allylic oxidation sites excluding steroid dienone is 1. The summed E-state index contributed by atoms with van der Waals surface area (Å²) in [6, 6.07) is 16.5. The molecule has 1 amide bonds. The third kappa shape index (κ3) is 2.60. The highest BCUT2D eigenvalue weighted by molar-refractivity contribution is 8.03. The molecule has 1 heterocycles. The molecular formula is C18H16N2OS. The van der Waals surface area contributed by atoms with Crippen LogP contribution in [0.4, 0.5) is 0 Å². The molecule has 22 heavy (non-hydrogen) atoms.